The van der Waals surface area contributed by atoms with Crippen LogP contribution >= 0.6 is 11.8 Å². The first kappa shape index (κ1) is 28.2. The van der Waals surface area contributed by atoms with Gasteiger partial charge in [0.15, 0.2) is 0 Å². The first-order chi connectivity index (χ1) is 19.4. The third-order valence-corrected chi connectivity index (χ3v) is 6.79. The summed E-state index contributed by atoms with van der Waals surface area (Å²) in [7, 11) is 1.55. The fourth-order valence-electron chi connectivity index (χ4n) is 3.69. The van der Waals surface area contributed by atoms with Crippen LogP contribution in [-0.2, 0) is 9.59 Å². The van der Waals surface area contributed by atoms with E-state index in [-0.39, 0.29) is 23.3 Å². The molecule has 0 unspecified atom stereocenters. The van der Waals surface area contributed by atoms with E-state index in [1.807, 2.05) is 61.5 Å². The molecule has 0 saturated heterocycles. The third-order valence-electron chi connectivity index (χ3n) is 5.78. The summed E-state index contributed by atoms with van der Waals surface area (Å²) in [5.74, 6) is -0.198. The van der Waals surface area contributed by atoms with Gasteiger partial charge in [0.2, 0.25) is 5.91 Å². The number of thioether (sulfide) groups is 1. The molecule has 3 amide bonds. The number of nitrogens with one attached hydrogen (secondary N) is 3. The van der Waals surface area contributed by atoms with Crippen LogP contribution in [0.1, 0.15) is 21.5 Å². The van der Waals surface area contributed by atoms with Crippen molar-refractivity contribution in [3.05, 3.63) is 126 Å². The van der Waals surface area contributed by atoms with Crippen molar-refractivity contribution in [2.24, 2.45) is 0 Å². The number of hydrogen-bond acceptors (Lipinski definition) is 5. The standard InChI is InChI=1S/C32H29N3O4S/c1-22-12-14-23(15-13-22)20-28(35-31(37)24-8-4-3-5-9-24)32(38)33-25-16-18-26(19-17-25)40-21-30(36)34-27-10-6-7-11-29(27)39-2/h3-20H,21H2,1-2H3,(H,33,38)(H,34,36)(H,35,37)/b28-20-. The van der Waals surface area contributed by atoms with Gasteiger partial charge >= 0.3 is 0 Å². The molecule has 202 valence electrons. The number of anilines is 2. The lowest BCUT2D eigenvalue weighted by Gasteiger charge is -2.12. The molecule has 0 spiro atoms. The van der Waals surface area contributed by atoms with E-state index in [0.29, 0.717) is 22.7 Å². The summed E-state index contributed by atoms with van der Waals surface area (Å²) in [6, 6.07) is 30.7. The summed E-state index contributed by atoms with van der Waals surface area (Å²) in [5, 5.41) is 8.43. The van der Waals surface area contributed by atoms with E-state index in [4.69, 9.17) is 4.74 Å². The lowest BCUT2D eigenvalue weighted by molar-refractivity contribution is -0.114. The topological polar surface area (TPSA) is 96.5 Å². The van der Waals surface area contributed by atoms with Crippen LogP contribution in [0.2, 0.25) is 0 Å². The van der Waals surface area contributed by atoms with Crippen molar-refractivity contribution < 1.29 is 19.1 Å². The van der Waals surface area contributed by atoms with Crippen molar-refractivity contribution in [2.75, 3.05) is 23.5 Å². The molecule has 40 heavy (non-hydrogen) atoms. The zero-order valence-electron chi connectivity index (χ0n) is 22.1. The normalized spacial score (nSPS) is 10.9. The summed E-state index contributed by atoms with van der Waals surface area (Å²) < 4.78 is 5.27. The number of para-hydroxylation sites is 2. The van der Waals surface area contributed by atoms with E-state index >= 15 is 0 Å². The van der Waals surface area contributed by atoms with Crippen LogP contribution < -0.4 is 20.7 Å². The highest BCUT2D eigenvalue weighted by molar-refractivity contribution is 8.00. The lowest BCUT2D eigenvalue weighted by atomic mass is 10.1. The highest BCUT2D eigenvalue weighted by atomic mass is 32.2. The van der Waals surface area contributed by atoms with E-state index in [1.165, 1.54) is 11.8 Å². The van der Waals surface area contributed by atoms with Crippen molar-refractivity contribution in [1.82, 2.24) is 5.32 Å². The largest absolute Gasteiger partial charge is 0.495 e. The van der Waals surface area contributed by atoms with Gasteiger partial charge in [0.25, 0.3) is 11.8 Å². The molecule has 4 aromatic rings. The molecule has 0 fully saturated rings. The number of methoxy groups -OCH3 is 1. The molecular formula is C32H29N3O4S. The summed E-state index contributed by atoms with van der Waals surface area (Å²) in [6.45, 7) is 1.98. The molecule has 4 aromatic carbocycles. The van der Waals surface area contributed by atoms with Crippen LogP contribution in [0, 0.1) is 6.92 Å². The van der Waals surface area contributed by atoms with Gasteiger partial charge in [-0.1, -0.05) is 60.2 Å². The second-order valence-corrected chi connectivity index (χ2v) is 9.85. The number of aryl methyl sites for hydroxylation is 1. The Kier molecular flexibility index (Phi) is 9.74. The second-order valence-electron chi connectivity index (χ2n) is 8.80. The summed E-state index contributed by atoms with van der Waals surface area (Å²) in [6.07, 6.45) is 1.64. The van der Waals surface area contributed by atoms with Crippen LogP contribution in [0.25, 0.3) is 6.08 Å². The lowest BCUT2D eigenvalue weighted by Crippen LogP contribution is -2.30. The van der Waals surface area contributed by atoms with Gasteiger partial charge in [-0.2, -0.15) is 0 Å². The molecule has 8 heteroatoms. The van der Waals surface area contributed by atoms with Gasteiger partial charge in [0, 0.05) is 16.1 Å². The molecule has 0 aliphatic rings. The molecule has 0 aliphatic heterocycles. The molecule has 0 aliphatic carbocycles. The fraction of sp³-hybridized carbons (Fsp3) is 0.0938. The van der Waals surface area contributed by atoms with Crippen molar-refractivity contribution >= 4 is 46.9 Å². The third kappa shape index (κ3) is 8.09. The zero-order chi connectivity index (χ0) is 28.3. The summed E-state index contributed by atoms with van der Waals surface area (Å²) in [4.78, 5) is 39.3. The van der Waals surface area contributed by atoms with E-state index in [2.05, 4.69) is 16.0 Å². The van der Waals surface area contributed by atoms with Gasteiger partial charge in [-0.15, -0.1) is 11.8 Å². The maximum absolute atomic E-state index is 13.2. The maximum atomic E-state index is 13.2. The SMILES string of the molecule is COc1ccccc1NC(=O)CSc1ccc(NC(=O)/C(=C/c2ccc(C)cc2)NC(=O)c2ccccc2)cc1. The van der Waals surface area contributed by atoms with Crippen molar-refractivity contribution in [2.45, 2.75) is 11.8 Å². The Bertz CT molecular complexity index is 1500. The van der Waals surface area contributed by atoms with Crippen LogP contribution in [0.5, 0.6) is 5.75 Å². The predicted molar refractivity (Wildman–Crippen MR) is 160 cm³/mol. The van der Waals surface area contributed by atoms with Crippen molar-refractivity contribution in [3.63, 3.8) is 0 Å². The van der Waals surface area contributed by atoms with E-state index in [9.17, 15) is 14.4 Å². The predicted octanol–water partition coefficient (Wildman–Crippen LogP) is 6.14. The Hall–Kier alpha value is -4.82. The number of hydrogen-bond donors (Lipinski definition) is 3. The van der Waals surface area contributed by atoms with Crippen LogP contribution in [0.4, 0.5) is 11.4 Å². The number of rotatable bonds is 10. The minimum atomic E-state index is -0.457. The Morgan fingerprint density at radius 2 is 1.48 bits per heavy atom. The first-order valence-corrected chi connectivity index (χ1v) is 13.5. The minimum Gasteiger partial charge on any atom is -0.495 e. The molecular weight excluding hydrogens is 522 g/mol. The monoisotopic (exact) mass is 551 g/mol. The van der Waals surface area contributed by atoms with Crippen LogP contribution in [0.3, 0.4) is 0 Å². The second kappa shape index (κ2) is 13.8. The fourth-order valence-corrected chi connectivity index (χ4v) is 4.39. The molecule has 0 saturated carbocycles. The minimum absolute atomic E-state index is 0.115. The Labute approximate surface area is 237 Å². The van der Waals surface area contributed by atoms with Crippen molar-refractivity contribution in [3.8, 4) is 5.75 Å². The highest BCUT2D eigenvalue weighted by Crippen LogP contribution is 2.25. The Balaban J connectivity index is 1.40. The van der Waals surface area contributed by atoms with Crippen molar-refractivity contribution in [1.29, 1.82) is 0 Å². The van der Waals surface area contributed by atoms with Crippen LogP contribution in [0.15, 0.2) is 114 Å². The summed E-state index contributed by atoms with van der Waals surface area (Å²) in [5.41, 5.74) is 3.60. The molecule has 0 radical (unpaired) electrons. The average molecular weight is 552 g/mol. The average Bonchev–Trinajstić information content (AvgIpc) is 2.98. The number of ether oxygens (including phenoxy) is 1. The molecule has 0 atom stereocenters. The molecule has 0 bridgehead atoms. The van der Waals surface area contributed by atoms with Gasteiger partial charge in [-0.05, 0) is 67.1 Å². The quantitative estimate of drug-likeness (QED) is 0.162. The van der Waals surface area contributed by atoms with E-state index < -0.39 is 5.91 Å². The van der Waals surface area contributed by atoms with E-state index in [1.54, 1.807) is 61.7 Å². The summed E-state index contributed by atoms with van der Waals surface area (Å²) >= 11 is 1.37. The molecule has 0 aromatic heterocycles. The molecule has 4 rings (SSSR count). The maximum Gasteiger partial charge on any atom is 0.272 e. The van der Waals surface area contributed by atoms with Crippen LogP contribution in [-0.4, -0.2) is 30.6 Å². The first-order valence-electron chi connectivity index (χ1n) is 12.5. The smallest absolute Gasteiger partial charge is 0.272 e. The number of amides is 3. The van der Waals surface area contributed by atoms with Gasteiger partial charge in [-0.3, -0.25) is 14.4 Å². The van der Waals surface area contributed by atoms with Gasteiger partial charge in [-0.25, -0.2) is 0 Å². The highest BCUT2D eigenvalue weighted by Gasteiger charge is 2.15. The van der Waals surface area contributed by atoms with Gasteiger partial charge in [0.1, 0.15) is 11.4 Å². The molecule has 7 nitrogen and oxygen atoms in total. The molecule has 0 heterocycles. The molecule has 3 N–H and O–H groups in total. The van der Waals surface area contributed by atoms with Gasteiger partial charge in [0.05, 0.1) is 18.6 Å². The Morgan fingerprint density at radius 1 is 0.800 bits per heavy atom. The number of benzene rings is 4. The Morgan fingerprint density at radius 3 is 2.17 bits per heavy atom. The number of carbonyl (C=O) groups is 3. The van der Waals surface area contributed by atoms with E-state index in [0.717, 1.165) is 16.0 Å². The number of carbonyl (C=O) groups excluding carboxylic acids is 3. The van der Waals surface area contributed by atoms with Gasteiger partial charge < -0.3 is 20.7 Å². The zero-order valence-corrected chi connectivity index (χ0v) is 23.0.